The van der Waals surface area contributed by atoms with Crippen LogP contribution in [-0.4, -0.2) is 55.0 Å². The molecule has 7 heteroatoms. The Hall–Kier alpha value is -0.235. The molecular weight excluding hydrogens is 313 g/mol. The van der Waals surface area contributed by atoms with Crippen molar-refractivity contribution in [3.63, 3.8) is 0 Å². The van der Waals surface area contributed by atoms with Crippen molar-refractivity contribution in [3.05, 3.63) is 0 Å². The summed E-state index contributed by atoms with van der Waals surface area (Å²) in [5.74, 6) is 0.914. The van der Waals surface area contributed by atoms with Crippen LogP contribution in [0.5, 0.6) is 0 Å². The predicted molar refractivity (Wildman–Crippen MR) is 92.6 cm³/mol. The van der Waals surface area contributed by atoms with Crippen molar-refractivity contribution in [2.75, 3.05) is 19.4 Å². The summed E-state index contributed by atoms with van der Waals surface area (Å²) in [6.07, 6.45) is 2.89. The highest BCUT2D eigenvalue weighted by Crippen LogP contribution is 2.54. The molecule has 5 nitrogen and oxygen atoms in total. The highest BCUT2D eigenvalue weighted by Gasteiger charge is 2.59. The zero-order valence-corrected chi connectivity index (χ0v) is 15.6. The maximum Gasteiger partial charge on any atom is 0.457 e. The number of carbonyl (C=O) groups excluding carboxylic acids is 1. The summed E-state index contributed by atoms with van der Waals surface area (Å²) in [6.45, 7) is 9.23. The Morgan fingerprint density at radius 1 is 1.30 bits per heavy atom. The number of methoxy groups -OCH3 is 1. The Bertz CT molecular complexity index is 471. The minimum atomic E-state index is -0.270. The Labute approximate surface area is 143 Å². The minimum absolute atomic E-state index is 0.0569. The molecule has 1 N–H and O–H groups in total. The molecule has 23 heavy (non-hydrogen) atoms. The van der Waals surface area contributed by atoms with Crippen molar-refractivity contribution >= 4 is 24.8 Å². The van der Waals surface area contributed by atoms with E-state index in [1.807, 2.05) is 11.8 Å². The first kappa shape index (κ1) is 17.6. The molecule has 0 aromatic heterocycles. The summed E-state index contributed by atoms with van der Waals surface area (Å²) in [4.78, 5) is 12.1. The van der Waals surface area contributed by atoms with Crippen molar-refractivity contribution in [1.29, 1.82) is 0 Å². The largest absolute Gasteiger partial charge is 0.468 e. The lowest BCUT2D eigenvalue weighted by atomic mass is 9.73. The standard InChI is InChI=1S/C16H28BNO4S/c1-14(2)15(3,4)22-17(21-14)8-6-7-16-10-23-11(16)9-18-12(16)13(19)20-5/h11-12,18H,6-10H2,1-5H3/t11-,12+,16-/m0/s1. The average Bonchev–Trinajstić information content (AvgIpc) is 2.81. The van der Waals surface area contributed by atoms with Gasteiger partial charge in [-0.15, -0.1) is 0 Å². The molecule has 0 unspecified atom stereocenters. The molecule has 130 valence electrons. The van der Waals surface area contributed by atoms with E-state index in [0.717, 1.165) is 31.5 Å². The van der Waals surface area contributed by atoms with Gasteiger partial charge in [0, 0.05) is 23.0 Å². The van der Waals surface area contributed by atoms with Gasteiger partial charge in [0.2, 0.25) is 0 Å². The molecule has 0 saturated carbocycles. The van der Waals surface area contributed by atoms with Crippen molar-refractivity contribution in [2.24, 2.45) is 5.41 Å². The van der Waals surface area contributed by atoms with Crippen molar-refractivity contribution < 1.29 is 18.8 Å². The van der Waals surface area contributed by atoms with Crippen molar-refractivity contribution in [2.45, 2.75) is 69.4 Å². The van der Waals surface area contributed by atoms with Gasteiger partial charge < -0.3 is 19.4 Å². The van der Waals surface area contributed by atoms with Crippen LogP contribution in [0.1, 0.15) is 40.5 Å². The van der Waals surface area contributed by atoms with Crippen LogP contribution in [0.15, 0.2) is 0 Å². The third-order valence-corrected chi connectivity index (χ3v) is 7.84. The Kier molecular flexibility index (Phi) is 4.54. The van der Waals surface area contributed by atoms with Crippen LogP contribution in [0.4, 0.5) is 0 Å². The van der Waals surface area contributed by atoms with Crippen LogP contribution < -0.4 is 5.32 Å². The molecule has 0 bridgehead atoms. The summed E-state index contributed by atoms with van der Waals surface area (Å²) in [7, 11) is 1.33. The van der Waals surface area contributed by atoms with Gasteiger partial charge in [0.05, 0.1) is 18.3 Å². The molecule has 0 aromatic rings. The van der Waals surface area contributed by atoms with Crippen LogP contribution in [0, 0.1) is 5.41 Å². The summed E-state index contributed by atoms with van der Waals surface area (Å²) in [5, 5.41) is 3.89. The smallest absolute Gasteiger partial charge is 0.457 e. The van der Waals surface area contributed by atoms with Gasteiger partial charge in [-0.25, -0.2) is 0 Å². The van der Waals surface area contributed by atoms with Gasteiger partial charge in [0.1, 0.15) is 6.04 Å². The molecule has 3 atom stereocenters. The first-order valence-corrected chi connectivity index (χ1v) is 9.55. The van der Waals surface area contributed by atoms with Crippen LogP contribution in [0.3, 0.4) is 0 Å². The van der Waals surface area contributed by atoms with Crippen LogP contribution in [-0.2, 0) is 18.8 Å². The summed E-state index contributed by atoms with van der Waals surface area (Å²) < 4.78 is 17.1. The van der Waals surface area contributed by atoms with E-state index in [-0.39, 0.29) is 35.7 Å². The van der Waals surface area contributed by atoms with Crippen LogP contribution in [0.25, 0.3) is 0 Å². The van der Waals surface area contributed by atoms with Crippen LogP contribution >= 0.6 is 11.8 Å². The number of esters is 1. The molecule has 0 aromatic carbocycles. The molecule has 3 aliphatic heterocycles. The quantitative estimate of drug-likeness (QED) is 0.611. The molecule has 0 amide bonds. The molecule has 0 spiro atoms. The zero-order valence-electron chi connectivity index (χ0n) is 14.8. The third-order valence-electron chi connectivity index (χ3n) is 6.10. The monoisotopic (exact) mass is 341 g/mol. The molecule has 3 fully saturated rings. The maximum absolute atomic E-state index is 12.1. The van der Waals surface area contributed by atoms with Crippen LogP contribution in [0.2, 0.25) is 6.32 Å². The average molecular weight is 341 g/mol. The topological polar surface area (TPSA) is 56.8 Å². The Morgan fingerprint density at radius 2 is 1.96 bits per heavy atom. The number of rotatable bonds is 5. The Morgan fingerprint density at radius 3 is 2.48 bits per heavy atom. The fourth-order valence-electron chi connectivity index (χ4n) is 3.87. The predicted octanol–water partition coefficient (Wildman–Crippen LogP) is 2.11. The molecule has 3 heterocycles. The van der Waals surface area contributed by atoms with E-state index in [2.05, 4.69) is 33.0 Å². The second kappa shape index (κ2) is 5.93. The number of hydrogen-bond acceptors (Lipinski definition) is 6. The van der Waals surface area contributed by atoms with E-state index in [9.17, 15) is 4.79 Å². The first-order valence-electron chi connectivity index (χ1n) is 8.50. The van der Waals surface area contributed by atoms with Crippen molar-refractivity contribution in [3.8, 4) is 0 Å². The van der Waals surface area contributed by atoms with Gasteiger partial charge >= 0.3 is 13.1 Å². The Balaban J connectivity index is 1.55. The lowest BCUT2D eigenvalue weighted by Gasteiger charge is -2.46. The molecule has 3 rings (SSSR count). The van der Waals surface area contributed by atoms with Gasteiger partial charge in [0.25, 0.3) is 0 Å². The first-order chi connectivity index (χ1) is 10.7. The summed E-state index contributed by atoms with van der Waals surface area (Å²) in [6, 6.07) is -0.156. The van der Waals surface area contributed by atoms with Gasteiger partial charge in [-0.1, -0.05) is 6.42 Å². The maximum atomic E-state index is 12.1. The second-order valence-electron chi connectivity index (χ2n) is 7.98. The minimum Gasteiger partial charge on any atom is -0.468 e. The fraction of sp³-hybridized carbons (Fsp3) is 0.938. The lowest BCUT2D eigenvalue weighted by Crippen LogP contribution is -2.53. The molecule has 0 aliphatic carbocycles. The van der Waals surface area contributed by atoms with Gasteiger partial charge in [-0.2, -0.15) is 11.8 Å². The number of fused-ring (bicyclic) bond motifs is 1. The molecule has 3 aliphatic rings. The van der Waals surface area contributed by atoms with E-state index in [1.54, 1.807) is 0 Å². The van der Waals surface area contributed by atoms with Crippen molar-refractivity contribution in [1.82, 2.24) is 5.32 Å². The lowest BCUT2D eigenvalue weighted by molar-refractivity contribution is -0.145. The van der Waals surface area contributed by atoms with E-state index >= 15 is 0 Å². The summed E-state index contributed by atoms with van der Waals surface area (Å²) >= 11 is 1.96. The van der Waals surface area contributed by atoms with E-state index < -0.39 is 0 Å². The third kappa shape index (κ3) is 2.83. The molecule has 0 radical (unpaired) electrons. The zero-order chi connectivity index (χ0) is 16.9. The van der Waals surface area contributed by atoms with Gasteiger partial charge in [0.15, 0.2) is 0 Å². The van der Waals surface area contributed by atoms with Gasteiger partial charge in [-0.05, 0) is 40.4 Å². The normalized spacial score (nSPS) is 37.3. The fourth-order valence-corrected chi connectivity index (χ4v) is 5.48. The van der Waals surface area contributed by atoms with E-state index in [4.69, 9.17) is 14.0 Å². The van der Waals surface area contributed by atoms with Gasteiger partial charge in [-0.3, -0.25) is 4.79 Å². The number of thioether (sulfide) groups is 1. The number of carbonyl (C=O) groups is 1. The second-order valence-corrected chi connectivity index (χ2v) is 9.17. The van der Waals surface area contributed by atoms with E-state index in [1.165, 1.54) is 7.11 Å². The number of nitrogens with one attached hydrogen (secondary N) is 1. The molecule has 3 saturated heterocycles. The highest BCUT2D eigenvalue weighted by molar-refractivity contribution is 8.01. The highest BCUT2D eigenvalue weighted by atomic mass is 32.2. The number of ether oxygens (including phenoxy) is 1. The SMILES string of the molecule is COC(=O)[C@H]1NC[C@@H]2SC[C@@]21CCCB1OC(C)(C)C(C)(C)O1. The molecular formula is C16H28BNO4S. The number of hydrogen-bond donors (Lipinski definition) is 1. The van der Waals surface area contributed by atoms with E-state index in [0.29, 0.717) is 5.25 Å². The summed E-state index contributed by atoms with van der Waals surface area (Å²) in [5.41, 5.74) is -0.482.